The molecule has 0 atom stereocenters. The smallest absolute Gasteiger partial charge is 0.243 e. The zero-order valence-electron chi connectivity index (χ0n) is 12.2. The lowest BCUT2D eigenvalue weighted by Crippen LogP contribution is -2.34. The maximum atomic E-state index is 14.1. The van der Waals surface area contributed by atoms with Gasteiger partial charge in [0.1, 0.15) is 5.82 Å². The molecule has 1 fully saturated rings. The molecule has 1 aromatic heterocycles. The Morgan fingerprint density at radius 1 is 1.17 bits per heavy atom. The van der Waals surface area contributed by atoms with E-state index in [4.69, 9.17) is 0 Å². The van der Waals surface area contributed by atoms with Crippen molar-refractivity contribution in [1.82, 2.24) is 14.6 Å². The first-order chi connectivity index (χ1) is 10.1. The van der Waals surface area contributed by atoms with Crippen LogP contribution >= 0.6 is 24.8 Å². The predicted molar refractivity (Wildman–Crippen MR) is 92.4 cm³/mol. The number of hydrogen-bond donors (Lipinski definition) is 1. The Bertz CT molecular complexity index is 766. The summed E-state index contributed by atoms with van der Waals surface area (Å²) < 4.78 is 40.8. The van der Waals surface area contributed by atoms with Gasteiger partial charge in [0.25, 0.3) is 0 Å². The number of nitrogens with zero attached hydrogens (tertiary/aromatic N) is 2. The molecule has 1 aromatic carbocycles. The van der Waals surface area contributed by atoms with Crippen LogP contribution in [0.2, 0.25) is 0 Å². The van der Waals surface area contributed by atoms with Crippen molar-refractivity contribution in [2.24, 2.45) is 0 Å². The molecule has 0 saturated carbocycles. The number of hydrogen-bond acceptors (Lipinski definition) is 4. The van der Waals surface area contributed by atoms with Crippen molar-refractivity contribution in [2.45, 2.75) is 11.3 Å². The fourth-order valence-corrected chi connectivity index (χ4v) is 4.02. The Hall–Kier alpha value is -0.990. The van der Waals surface area contributed by atoms with Crippen LogP contribution in [0.5, 0.6) is 0 Å². The first-order valence-electron chi connectivity index (χ1n) is 6.83. The van der Waals surface area contributed by atoms with Crippen LogP contribution in [0.3, 0.4) is 0 Å². The summed E-state index contributed by atoms with van der Waals surface area (Å²) in [6.45, 7) is 2.26. The van der Waals surface area contributed by atoms with E-state index in [-0.39, 0.29) is 29.7 Å². The summed E-state index contributed by atoms with van der Waals surface area (Å²) in [6.07, 6.45) is 3.67. The van der Waals surface area contributed by atoms with Crippen LogP contribution in [0.4, 0.5) is 4.39 Å². The number of rotatable bonds is 2. The van der Waals surface area contributed by atoms with Crippen LogP contribution in [-0.4, -0.2) is 43.9 Å². The second-order valence-electron chi connectivity index (χ2n) is 5.01. The van der Waals surface area contributed by atoms with Gasteiger partial charge in [0.15, 0.2) is 0 Å². The van der Waals surface area contributed by atoms with E-state index in [1.54, 1.807) is 6.07 Å². The number of halogens is 3. The van der Waals surface area contributed by atoms with Crippen molar-refractivity contribution in [3.05, 3.63) is 36.4 Å². The zero-order valence-corrected chi connectivity index (χ0v) is 14.7. The van der Waals surface area contributed by atoms with E-state index in [9.17, 15) is 12.8 Å². The Balaban J connectivity index is 0.00000132. The standard InChI is InChI=1S/C14H16FN3O2S.2ClH/c15-14-9-12(8-11-2-4-17-10-13(11)14)21(19,20)18-6-1-3-16-5-7-18;;/h2,4,8-10,16H,1,3,5-7H2;2*1H. The lowest BCUT2D eigenvalue weighted by molar-refractivity contribution is 0.431. The third kappa shape index (κ3) is 4.10. The second-order valence-corrected chi connectivity index (χ2v) is 6.95. The fourth-order valence-electron chi connectivity index (χ4n) is 2.49. The number of sulfonamides is 1. The molecular weight excluding hydrogens is 364 g/mol. The van der Waals surface area contributed by atoms with E-state index in [0.29, 0.717) is 30.4 Å². The second kappa shape index (κ2) is 8.21. The quantitative estimate of drug-likeness (QED) is 0.865. The molecule has 9 heteroatoms. The van der Waals surface area contributed by atoms with Gasteiger partial charge in [0.05, 0.1) is 4.90 Å². The third-order valence-corrected chi connectivity index (χ3v) is 5.49. The Morgan fingerprint density at radius 3 is 2.74 bits per heavy atom. The molecule has 2 aromatic rings. The highest BCUT2D eigenvalue weighted by atomic mass is 35.5. The molecule has 1 N–H and O–H groups in total. The highest BCUT2D eigenvalue weighted by molar-refractivity contribution is 7.89. The largest absolute Gasteiger partial charge is 0.315 e. The molecular formula is C14H18Cl2FN3O2S. The molecule has 0 amide bonds. The van der Waals surface area contributed by atoms with Gasteiger partial charge < -0.3 is 5.32 Å². The Kier molecular flexibility index (Phi) is 7.16. The minimum Gasteiger partial charge on any atom is -0.315 e. The first kappa shape index (κ1) is 20.1. The van der Waals surface area contributed by atoms with Crippen LogP contribution in [0.25, 0.3) is 10.8 Å². The third-order valence-electron chi connectivity index (χ3n) is 3.62. The van der Waals surface area contributed by atoms with Gasteiger partial charge in [-0.1, -0.05) is 0 Å². The molecule has 2 heterocycles. The van der Waals surface area contributed by atoms with Crippen molar-refractivity contribution in [2.75, 3.05) is 26.2 Å². The maximum Gasteiger partial charge on any atom is 0.243 e. The molecule has 1 aliphatic rings. The Labute approximate surface area is 147 Å². The van der Waals surface area contributed by atoms with E-state index in [0.717, 1.165) is 19.0 Å². The molecule has 0 spiro atoms. The van der Waals surface area contributed by atoms with Crippen molar-refractivity contribution in [1.29, 1.82) is 0 Å². The summed E-state index contributed by atoms with van der Waals surface area (Å²) in [5, 5.41) is 4.02. The van der Waals surface area contributed by atoms with Gasteiger partial charge in [-0.05, 0) is 36.6 Å². The van der Waals surface area contributed by atoms with Crippen molar-refractivity contribution in [3.8, 4) is 0 Å². The minimum atomic E-state index is -3.67. The summed E-state index contributed by atoms with van der Waals surface area (Å²) in [4.78, 5) is 3.86. The highest BCUT2D eigenvalue weighted by Crippen LogP contribution is 2.24. The maximum absolute atomic E-state index is 14.1. The van der Waals surface area contributed by atoms with Gasteiger partial charge in [-0.2, -0.15) is 4.31 Å². The van der Waals surface area contributed by atoms with Gasteiger partial charge in [0, 0.05) is 37.4 Å². The number of benzene rings is 1. The molecule has 0 aliphatic carbocycles. The van der Waals surface area contributed by atoms with Crippen LogP contribution in [0.15, 0.2) is 35.5 Å². The highest BCUT2D eigenvalue weighted by Gasteiger charge is 2.26. The summed E-state index contributed by atoms with van der Waals surface area (Å²) in [5.41, 5.74) is 0. The van der Waals surface area contributed by atoms with E-state index >= 15 is 0 Å². The molecule has 3 rings (SSSR count). The number of nitrogens with one attached hydrogen (secondary N) is 1. The molecule has 0 unspecified atom stereocenters. The van der Waals surface area contributed by atoms with Crippen LogP contribution in [0, 0.1) is 5.82 Å². The van der Waals surface area contributed by atoms with Gasteiger partial charge in [0.2, 0.25) is 10.0 Å². The van der Waals surface area contributed by atoms with Crippen LogP contribution in [0.1, 0.15) is 6.42 Å². The summed E-state index contributed by atoms with van der Waals surface area (Å²) in [6, 6.07) is 4.20. The fraction of sp³-hybridized carbons (Fsp3) is 0.357. The van der Waals surface area contributed by atoms with Crippen molar-refractivity contribution < 1.29 is 12.8 Å². The van der Waals surface area contributed by atoms with Crippen molar-refractivity contribution in [3.63, 3.8) is 0 Å². The van der Waals surface area contributed by atoms with Gasteiger partial charge in [-0.25, -0.2) is 12.8 Å². The molecule has 5 nitrogen and oxygen atoms in total. The average Bonchev–Trinajstić information content (AvgIpc) is 2.77. The molecule has 23 heavy (non-hydrogen) atoms. The summed E-state index contributed by atoms with van der Waals surface area (Å²) in [5.74, 6) is -0.563. The molecule has 0 radical (unpaired) electrons. The van der Waals surface area contributed by atoms with Crippen molar-refractivity contribution >= 4 is 45.6 Å². The SMILES string of the molecule is Cl.Cl.O=S(=O)(c1cc(F)c2cnccc2c1)N1CCCNCC1. The molecule has 0 bridgehead atoms. The summed E-state index contributed by atoms with van der Waals surface area (Å²) >= 11 is 0. The molecule has 128 valence electrons. The molecule has 1 aliphatic heterocycles. The normalized spacial score (nSPS) is 16.2. The number of aromatic nitrogens is 1. The van der Waals surface area contributed by atoms with Gasteiger partial charge in [-0.15, -0.1) is 24.8 Å². The van der Waals surface area contributed by atoms with Gasteiger partial charge >= 0.3 is 0 Å². The lowest BCUT2D eigenvalue weighted by atomic mass is 10.2. The zero-order chi connectivity index (χ0) is 14.9. The van der Waals surface area contributed by atoms with E-state index in [2.05, 4.69) is 10.3 Å². The predicted octanol–water partition coefficient (Wildman–Crippen LogP) is 2.20. The minimum absolute atomic E-state index is 0. The first-order valence-corrected chi connectivity index (χ1v) is 8.27. The van der Waals surface area contributed by atoms with E-state index < -0.39 is 15.8 Å². The van der Waals surface area contributed by atoms with Gasteiger partial charge in [-0.3, -0.25) is 4.98 Å². The summed E-state index contributed by atoms with van der Waals surface area (Å²) in [7, 11) is -3.67. The number of pyridine rings is 1. The molecule has 1 saturated heterocycles. The van der Waals surface area contributed by atoms with E-state index in [1.807, 2.05) is 0 Å². The monoisotopic (exact) mass is 381 g/mol. The van der Waals surface area contributed by atoms with Crippen LogP contribution in [-0.2, 0) is 10.0 Å². The number of fused-ring (bicyclic) bond motifs is 1. The van der Waals surface area contributed by atoms with Crippen LogP contribution < -0.4 is 5.32 Å². The average molecular weight is 382 g/mol. The van der Waals surface area contributed by atoms with E-state index in [1.165, 1.54) is 22.8 Å². The topological polar surface area (TPSA) is 62.3 Å². The Morgan fingerprint density at radius 2 is 1.96 bits per heavy atom. The lowest BCUT2D eigenvalue weighted by Gasteiger charge is -2.20.